The number of aromatic nitrogens is 2. The quantitative estimate of drug-likeness (QED) is 0.628. The van der Waals surface area contributed by atoms with E-state index in [1.807, 2.05) is 25.6 Å². The molecular weight excluding hydrogens is 246 g/mol. The molecule has 18 heavy (non-hydrogen) atoms. The number of nitrogens with one attached hydrogen (secondary N) is 1. The van der Waals surface area contributed by atoms with Crippen LogP contribution >= 0.6 is 11.8 Å². The maximum atomic E-state index is 5.52. The fourth-order valence-electron chi connectivity index (χ4n) is 2.27. The average molecular weight is 267 g/mol. The zero-order valence-electron chi connectivity index (χ0n) is 11.4. The Hall–Kier alpha value is -1.01. The number of rotatable bonds is 2. The number of thioether (sulfide) groups is 1. The molecule has 0 aromatic carbocycles. The van der Waals surface area contributed by atoms with Crippen molar-refractivity contribution < 1.29 is 0 Å². The lowest BCUT2D eigenvalue weighted by Gasteiger charge is -2.39. The molecule has 0 spiro atoms. The third-order valence-electron chi connectivity index (χ3n) is 3.52. The predicted octanol–water partition coefficient (Wildman–Crippen LogP) is 1.71. The molecule has 1 aromatic rings. The number of hydrogen-bond acceptors (Lipinski definition) is 6. The molecule has 5 nitrogen and oxygen atoms in total. The number of aryl methyl sites for hydroxylation is 1. The van der Waals surface area contributed by atoms with E-state index in [0.29, 0.717) is 11.3 Å². The molecule has 1 aliphatic heterocycles. The summed E-state index contributed by atoms with van der Waals surface area (Å²) in [4.78, 5) is 11.3. The van der Waals surface area contributed by atoms with Crippen molar-refractivity contribution in [1.82, 2.24) is 9.97 Å². The van der Waals surface area contributed by atoms with Crippen LogP contribution in [0, 0.1) is 13.8 Å². The minimum Gasteiger partial charge on any atom is -0.352 e. The van der Waals surface area contributed by atoms with Crippen molar-refractivity contribution in [2.24, 2.45) is 5.84 Å². The molecule has 0 aliphatic carbocycles. The lowest BCUT2D eigenvalue weighted by atomic mass is 10.1. The molecule has 3 N–H and O–H groups in total. The van der Waals surface area contributed by atoms with Crippen LogP contribution in [0.5, 0.6) is 0 Å². The lowest BCUT2D eigenvalue weighted by Crippen LogP contribution is -2.45. The number of nitrogen functional groups attached to an aromatic ring is 1. The third kappa shape index (κ3) is 2.40. The van der Waals surface area contributed by atoms with Crippen LogP contribution in [0.15, 0.2) is 0 Å². The van der Waals surface area contributed by atoms with Gasteiger partial charge in [0.05, 0.1) is 0 Å². The van der Waals surface area contributed by atoms with Crippen LogP contribution in [-0.4, -0.2) is 33.6 Å². The molecule has 2 rings (SSSR count). The van der Waals surface area contributed by atoms with Crippen molar-refractivity contribution in [3.63, 3.8) is 0 Å². The highest BCUT2D eigenvalue weighted by atomic mass is 32.2. The Balaban J connectivity index is 2.40. The van der Waals surface area contributed by atoms with Gasteiger partial charge in [0.1, 0.15) is 17.5 Å². The molecule has 0 saturated carbocycles. The second kappa shape index (κ2) is 5.32. The number of anilines is 2. The third-order valence-corrected chi connectivity index (χ3v) is 4.86. The Morgan fingerprint density at radius 2 is 2.06 bits per heavy atom. The lowest BCUT2D eigenvalue weighted by molar-refractivity contribution is 0.617. The van der Waals surface area contributed by atoms with E-state index >= 15 is 0 Å². The normalized spacial score (nSPS) is 24.2. The Morgan fingerprint density at radius 1 is 1.33 bits per heavy atom. The predicted molar refractivity (Wildman–Crippen MR) is 78.0 cm³/mol. The molecule has 1 aliphatic rings. The van der Waals surface area contributed by atoms with E-state index in [-0.39, 0.29) is 0 Å². The van der Waals surface area contributed by atoms with Gasteiger partial charge in [0.15, 0.2) is 0 Å². The summed E-state index contributed by atoms with van der Waals surface area (Å²) < 4.78 is 0. The molecule has 1 saturated heterocycles. The summed E-state index contributed by atoms with van der Waals surface area (Å²) in [6, 6.07) is 0.474. The van der Waals surface area contributed by atoms with E-state index in [9.17, 15) is 0 Å². The Bertz CT molecular complexity index is 437. The Kier molecular flexibility index (Phi) is 3.97. The minimum absolute atomic E-state index is 0.474. The average Bonchev–Trinajstić information content (AvgIpc) is 2.35. The van der Waals surface area contributed by atoms with Crippen molar-refractivity contribution in [2.75, 3.05) is 22.6 Å². The van der Waals surface area contributed by atoms with Crippen molar-refractivity contribution >= 4 is 23.4 Å². The van der Waals surface area contributed by atoms with E-state index in [0.717, 1.165) is 35.3 Å². The van der Waals surface area contributed by atoms with Crippen LogP contribution in [0.4, 0.5) is 11.6 Å². The van der Waals surface area contributed by atoms with Crippen LogP contribution in [0.2, 0.25) is 0 Å². The zero-order chi connectivity index (χ0) is 13.3. The Morgan fingerprint density at radius 3 is 2.72 bits per heavy atom. The van der Waals surface area contributed by atoms with Gasteiger partial charge in [0.25, 0.3) is 0 Å². The topological polar surface area (TPSA) is 67.1 Å². The fourth-order valence-corrected chi connectivity index (χ4v) is 3.37. The first kappa shape index (κ1) is 13.4. The van der Waals surface area contributed by atoms with E-state index in [1.54, 1.807) is 0 Å². The van der Waals surface area contributed by atoms with Gasteiger partial charge in [-0.2, -0.15) is 11.8 Å². The zero-order valence-corrected chi connectivity index (χ0v) is 12.2. The van der Waals surface area contributed by atoms with E-state index in [4.69, 9.17) is 5.84 Å². The first-order valence-electron chi connectivity index (χ1n) is 6.24. The van der Waals surface area contributed by atoms with Gasteiger partial charge in [-0.1, -0.05) is 6.92 Å². The van der Waals surface area contributed by atoms with E-state index < -0.39 is 0 Å². The summed E-state index contributed by atoms with van der Waals surface area (Å²) in [6.07, 6.45) is 0. The van der Waals surface area contributed by atoms with Gasteiger partial charge < -0.3 is 10.3 Å². The Labute approximate surface area is 113 Å². The largest absolute Gasteiger partial charge is 0.352 e. The first-order valence-corrected chi connectivity index (χ1v) is 7.29. The van der Waals surface area contributed by atoms with E-state index in [1.165, 1.54) is 0 Å². The molecule has 2 heterocycles. The van der Waals surface area contributed by atoms with Crippen LogP contribution in [0.1, 0.15) is 25.2 Å². The standard InChI is InChI=1S/C12H21N5S/c1-7-11(16-13)14-10(4)15-12(7)17-5-6-18-9(3)8(17)2/h8-9H,5-6,13H2,1-4H3,(H,14,15,16). The molecule has 100 valence electrons. The molecule has 0 amide bonds. The van der Waals surface area contributed by atoms with Gasteiger partial charge >= 0.3 is 0 Å². The highest BCUT2D eigenvalue weighted by Gasteiger charge is 2.28. The van der Waals surface area contributed by atoms with Gasteiger partial charge in [-0.05, 0) is 20.8 Å². The van der Waals surface area contributed by atoms with Crippen molar-refractivity contribution in [3.8, 4) is 0 Å². The monoisotopic (exact) mass is 267 g/mol. The summed E-state index contributed by atoms with van der Waals surface area (Å²) in [5.41, 5.74) is 3.68. The first-order chi connectivity index (χ1) is 8.54. The minimum atomic E-state index is 0.474. The van der Waals surface area contributed by atoms with Crippen molar-refractivity contribution in [1.29, 1.82) is 0 Å². The van der Waals surface area contributed by atoms with Crippen molar-refractivity contribution in [2.45, 2.75) is 39.0 Å². The van der Waals surface area contributed by atoms with Crippen LogP contribution in [-0.2, 0) is 0 Å². The smallest absolute Gasteiger partial charge is 0.148 e. The van der Waals surface area contributed by atoms with Gasteiger partial charge in [-0.3, -0.25) is 0 Å². The number of nitrogens with zero attached hydrogens (tertiary/aromatic N) is 3. The van der Waals surface area contributed by atoms with Gasteiger partial charge in [0.2, 0.25) is 0 Å². The second-order valence-electron chi connectivity index (χ2n) is 4.72. The molecular formula is C12H21N5S. The molecule has 0 bridgehead atoms. The summed E-state index contributed by atoms with van der Waals surface area (Å²) in [5, 5.41) is 0.614. The molecule has 2 unspecified atom stereocenters. The molecule has 1 fully saturated rings. The highest BCUT2D eigenvalue weighted by molar-refractivity contribution is 8.00. The SMILES string of the molecule is Cc1nc(NN)c(C)c(N2CCSC(C)C2C)n1. The van der Waals surface area contributed by atoms with Gasteiger partial charge in [0, 0.05) is 29.2 Å². The second-order valence-corrected chi connectivity index (χ2v) is 6.21. The molecule has 6 heteroatoms. The molecule has 2 atom stereocenters. The summed E-state index contributed by atoms with van der Waals surface area (Å²) in [6.45, 7) is 9.47. The van der Waals surface area contributed by atoms with Crippen LogP contribution in [0.25, 0.3) is 0 Å². The van der Waals surface area contributed by atoms with Crippen LogP contribution < -0.4 is 16.2 Å². The molecule has 0 radical (unpaired) electrons. The summed E-state index contributed by atoms with van der Waals surface area (Å²) in [5.74, 6) is 9.13. The number of nitrogens with two attached hydrogens (primary N) is 1. The van der Waals surface area contributed by atoms with Gasteiger partial charge in [-0.25, -0.2) is 15.8 Å². The number of hydrazine groups is 1. The maximum absolute atomic E-state index is 5.52. The number of hydrogen-bond donors (Lipinski definition) is 2. The highest BCUT2D eigenvalue weighted by Crippen LogP contribution is 2.31. The molecule has 1 aromatic heterocycles. The fraction of sp³-hybridized carbons (Fsp3) is 0.667. The van der Waals surface area contributed by atoms with Crippen molar-refractivity contribution in [3.05, 3.63) is 11.4 Å². The summed E-state index contributed by atoms with van der Waals surface area (Å²) >= 11 is 2.02. The van der Waals surface area contributed by atoms with E-state index in [2.05, 4.69) is 34.1 Å². The van der Waals surface area contributed by atoms with Gasteiger partial charge in [-0.15, -0.1) is 0 Å². The van der Waals surface area contributed by atoms with Crippen LogP contribution in [0.3, 0.4) is 0 Å². The maximum Gasteiger partial charge on any atom is 0.148 e. The summed E-state index contributed by atoms with van der Waals surface area (Å²) in [7, 11) is 0.